The second kappa shape index (κ2) is 7.53. The van der Waals surface area contributed by atoms with E-state index in [1.807, 2.05) is 4.90 Å². The zero-order chi connectivity index (χ0) is 23.7. The van der Waals surface area contributed by atoms with Crippen LogP contribution in [0.2, 0.25) is 0 Å². The van der Waals surface area contributed by atoms with Crippen LogP contribution in [-0.2, 0) is 21.4 Å². The molecule has 6 rings (SSSR count). The molecule has 2 atom stereocenters. The fraction of sp³-hybridized carbons (Fsp3) is 0.739. The number of fused-ring (bicyclic) bond motifs is 1. The molecule has 3 amide bonds. The van der Waals surface area contributed by atoms with Gasteiger partial charge in [0.15, 0.2) is 0 Å². The fourth-order valence-electron chi connectivity index (χ4n) is 6.38. The summed E-state index contributed by atoms with van der Waals surface area (Å²) >= 11 is 0. The minimum absolute atomic E-state index is 0.00722. The minimum Gasteiger partial charge on any atom is -0.366 e. The number of morpholine rings is 1. The molecule has 34 heavy (non-hydrogen) atoms. The highest BCUT2D eigenvalue weighted by molar-refractivity contribution is 5.79. The first kappa shape index (κ1) is 22.1. The minimum atomic E-state index is -4.28. The summed E-state index contributed by atoms with van der Waals surface area (Å²) in [6.07, 6.45) is 1.93. The lowest BCUT2D eigenvalue weighted by atomic mass is 9.57. The van der Waals surface area contributed by atoms with Gasteiger partial charge in [-0.25, -0.2) is 4.79 Å². The van der Waals surface area contributed by atoms with E-state index in [-0.39, 0.29) is 54.6 Å². The van der Waals surface area contributed by atoms with Gasteiger partial charge in [-0.1, -0.05) is 0 Å². The van der Waals surface area contributed by atoms with E-state index >= 15 is 0 Å². The number of carbonyl (C=O) groups excluding carboxylic acids is 2. The molecule has 1 N–H and O–H groups in total. The maximum Gasteiger partial charge on any atom is 0.400 e. The third-order valence-electron chi connectivity index (χ3n) is 8.33. The normalized spacial score (nSPS) is 29.7. The van der Waals surface area contributed by atoms with Crippen LogP contribution >= 0.6 is 0 Å². The number of ether oxygens (including phenoxy) is 1. The number of rotatable bonds is 3. The van der Waals surface area contributed by atoms with Crippen LogP contribution in [-0.4, -0.2) is 82.8 Å². The number of alkyl halides is 3. The van der Waals surface area contributed by atoms with Crippen molar-refractivity contribution in [2.45, 2.75) is 62.3 Å². The van der Waals surface area contributed by atoms with E-state index in [0.29, 0.717) is 50.6 Å². The van der Waals surface area contributed by atoms with Crippen LogP contribution in [0.5, 0.6) is 0 Å². The van der Waals surface area contributed by atoms with Crippen molar-refractivity contribution < 1.29 is 27.5 Å². The lowest BCUT2D eigenvalue weighted by molar-refractivity contribution is -0.161. The largest absolute Gasteiger partial charge is 0.400 e. The van der Waals surface area contributed by atoms with E-state index in [1.165, 1.54) is 6.20 Å². The number of likely N-dealkylation sites (tertiary alicyclic amines) is 2. The average Bonchev–Trinajstić information content (AvgIpc) is 3.56. The van der Waals surface area contributed by atoms with E-state index in [4.69, 9.17) is 4.74 Å². The van der Waals surface area contributed by atoms with E-state index in [2.05, 4.69) is 15.3 Å². The topological polar surface area (TPSA) is 87.7 Å². The molecule has 5 fully saturated rings. The van der Waals surface area contributed by atoms with Crippen molar-refractivity contribution >= 4 is 11.9 Å². The molecule has 184 valence electrons. The SMILES string of the molecule is O=C1CO[C@H]2CCN(C(=O)N3CC4(CC(Cc5cncc(C6(C(F)(F)F)CC6)n5)C4)C3)C[C@H]2N1. The number of carbonyl (C=O) groups is 2. The summed E-state index contributed by atoms with van der Waals surface area (Å²) in [4.78, 5) is 36.6. The van der Waals surface area contributed by atoms with Gasteiger partial charge in [0, 0.05) is 44.0 Å². The second-order valence-corrected chi connectivity index (χ2v) is 10.9. The van der Waals surface area contributed by atoms with Crippen molar-refractivity contribution in [1.82, 2.24) is 25.1 Å². The monoisotopic (exact) mass is 479 g/mol. The Morgan fingerprint density at radius 3 is 2.68 bits per heavy atom. The van der Waals surface area contributed by atoms with E-state index < -0.39 is 11.6 Å². The molecular formula is C23H28F3N5O3. The van der Waals surface area contributed by atoms with Gasteiger partial charge in [0.05, 0.1) is 23.5 Å². The fourth-order valence-corrected chi connectivity index (χ4v) is 6.38. The van der Waals surface area contributed by atoms with Gasteiger partial charge < -0.3 is 19.9 Å². The number of aromatic nitrogens is 2. The number of amides is 3. The number of piperidine rings is 1. The zero-order valence-electron chi connectivity index (χ0n) is 18.8. The number of halogens is 3. The second-order valence-electron chi connectivity index (χ2n) is 10.9. The molecule has 1 aromatic heterocycles. The molecule has 8 nitrogen and oxygen atoms in total. The standard InChI is InChI=1S/C23H28F3N5O3/c24-23(25,26)22(2-3-22)18-9-27-8-15(28-18)5-14-6-21(7-14)12-31(13-21)20(33)30-4-1-17-16(10-30)29-19(32)11-34-17/h8-9,14,16-17H,1-7,10-13H2,(H,29,32)/t16-,17+/m1/s1. The molecule has 3 saturated heterocycles. The van der Waals surface area contributed by atoms with Gasteiger partial charge in [0.2, 0.25) is 5.91 Å². The van der Waals surface area contributed by atoms with Crippen LogP contribution in [0.4, 0.5) is 18.0 Å². The molecule has 4 heterocycles. The number of nitrogens with one attached hydrogen (secondary N) is 1. The molecule has 0 unspecified atom stereocenters. The van der Waals surface area contributed by atoms with Crippen LogP contribution in [0.1, 0.15) is 43.5 Å². The molecule has 0 aromatic carbocycles. The zero-order valence-corrected chi connectivity index (χ0v) is 18.8. The smallest absolute Gasteiger partial charge is 0.366 e. The molecule has 0 radical (unpaired) electrons. The van der Waals surface area contributed by atoms with Crippen LogP contribution in [0.15, 0.2) is 12.4 Å². The van der Waals surface area contributed by atoms with Gasteiger partial charge in [-0.05, 0) is 44.4 Å². The number of hydrogen-bond acceptors (Lipinski definition) is 5. The molecule has 2 saturated carbocycles. The summed E-state index contributed by atoms with van der Waals surface area (Å²) in [5.74, 6) is 0.216. The van der Waals surface area contributed by atoms with Crippen molar-refractivity contribution in [1.29, 1.82) is 0 Å². The van der Waals surface area contributed by atoms with E-state index in [9.17, 15) is 22.8 Å². The predicted octanol–water partition coefficient (Wildman–Crippen LogP) is 2.03. The first-order chi connectivity index (χ1) is 16.2. The van der Waals surface area contributed by atoms with Gasteiger partial charge in [-0.3, -0.25) is 14.8 Å². The summed E-state index contributed by atoms with van der Waals surface area (Å²) in [5, 5.41) is 2.92. The molecule has 5 aliphatic rings. The van der Waals surface area contributed by atoms with Crippen molar-refractivity contribution in [3.8, 4) is 0 Å². The van der Waals surface area contributed by atoms with E-state index in [0.717, 1.165) is 12.8 Å². The van der Waals surface area contributed by atoms with E-state index in [1.54, 1.807) is 11.1 Å². The van der Waals surface area contributed by atoms with Crippen molar-refractivity contribution in [3.63, 3.8) is 0 Å². The number of hydrogen-bond donors (Lipinski definition) is 1. The maximum absolute atomic E-state index is 13.4. The highest BCUT2D eigenvalue weighted by Crippen LogP contribution is 2.58. The van der Waals surface area contributed by atoms with Crippen LogP contribution in [0.3, 0.4) is 0 Å². The molecule has 11 heteroatoms. The summed E-state index contributed by atoms with van der Waals surface area (Å²) < 4.78 is 45.8. The molecule has 1 spiro atoms. The lowest BCUT2D eigenvalue weighted by Gasteiger charge is -2.60. The third-order valence-corrected chi connectivity index (χ3v) is 8.33. The van der Waals surface area contributed by atoms with Gasteiger partial charge in [0.25, 0.3) is 0 Å². The highest BCUT2D eigenvalue weighted by atomic mass is 19.4. The highest BCUT2D eigenvalue weighted by Gasteiger charge is 2.65. The quantitative estimate of drug-likeness (QED) is 0.717. The Hall–Kier alpha value is -2.43. The van der Waals surface area contributed by atoms with Crippen molar-refractivity contribution in [2.24, 2.45) is 11.3 Å². The Bertz CT molecular complexity index is 1000. The Balaban J connectivity index is 0.996. The van der Waals surface area contributed by atoms with Crippen LogP contribution in [0, 0.1) is 11.3 Å². The summed E-state index contributed by atoms with van der Waals surface area (Å²) in [6.45, 7) is 2.59. The Labute approximate surface area is 195 Å². The maximum atomic E-state index is 13.4. The molecular weight excluding hydrogens is 451 g/mol. The van der Waals surface area contributed by atoms with Crippen molar-refractivity contribution in [2.75, 3.05) is 32.8 Å². The van der Waals surface area contributed by atoms with Gasteiger partial charge in [-0.2, -0.15) is 13.2 Å². The first-order valence-electron chi connectivity index (χ1n) is 12.0. The van der Waals surface area contributed by atoms with Gasteiger partial charge in [0.1, 0.15) is 12.0 Å². The molecule has 3 aliphatic heterocycles. The molecule has 1 aromatic rings. The predicted molar refractivity (Wildman–Crippen MR) is 113 cm³/mol. The van der Waals surface area contributed by atoms with Crippen LogP contribution < -0.4 is 5.32 Å². The summed E-state index contributed by atoms with van der Waals surface area (Å²) in [5.41, 5.74) is -1.00. The molecule has 2 aliphatic carbocycles. The number of urea groups is 1. The molecule has 0 bridgehead atoms. The third kappa shape index (κ3) is 3.63. The first-order valence-corrected chi connectivity index (χ1v) is 12.0. The Kier molecular flexibility index (Phi) is 4.89. The van der Waals surface area contributed by atoms with Crippen LogP contribution in [0.25, 0.3) is 0 Å². The average molecular weight is 480 g/mol. The van der Waals surface area contributed by atoms with Gasteiger partial charge >= 0.3 is 12.2 Å². The summed E-state index contributed by atoms with van der Waals surface area (Å²) in [6, 6.07) is -0.140. The van der Waals surface area contributed by atoms with Gasteiger partial charge in [-0.15, -0.1) is 0 Å². The van der Waals surface area contributed by atoms with Crippen molar-refractivity contribution in [3.05, 3.63) is 23.8 Å². The Morgan fingerprint density at radius 1 is 1.21 bits per heavy atom. The number of nitrogens with zero attached hydrogens (tertiary/aromatic N) is 4. The lowest BCUT2D eigenvalue weighted by Crippen LogP contribution is -2.68. The summed E-state index contributed by atoms with van der Waals surface area (Å²) in [7, 11) is 0. The Morgan fingerprint density at radius 2 is 1.97 bits per heavy atom.